The Labute approximate surface area is 104 Å². The summed E-state index contributed by atoms with van der Waals surface area (Å²) in [5.74, 6) is -0.401. The van der Waals surface area contributed by atoms with Crippen molar-refractivity contribution in [1.29, 1.82) is 0 Å². The Morgan fingerprint density at radius 2 is 1.89 bits per heavy atom. The molecule has 0 aliphatic heterocycles. The lowest BCUT2D eigenvalue weighted by atomic mass is 10.1. The monoisotopic (exact) mass is 237 g/mol. The van der Waals surface area contributed by atoms with Crippen molar-refractivity contribution in [2.45, 2.75) is 0 Å². The van der Waals surface area contributed by atoms with Gasteiger partial charge in [0.25, 0.3) is 0 Å². The summed E-state index contributed by atoms with van der Waals surface area (Å²) < 4.78 is 4.84. The number of para-hydroxylation sites is 2. The molecule has 3 rings (SSSR count). The van der Waals surface area contributed by atoms with E-state index in [1.165, 1.54) is 0 Å². The quantitative estimate of drug-likeness (QED) is 0.546. The second-order valence-corrected chi connectivity index (χ2v) is 3.97. The lowest BCUT2D eigenvalue weighted by Gasteiger charge is -2.00. The van der Waals surface area contributed by atoms with E-state index in [1.54, 1.807) is 6.07 Å². The van der Waals surface area contributed by atoms with Crippen LogP contribution in [0.5, 0.6) is 0 Å². The average molecular weight is 237 g/mol. The SMILES string of the molecule is C=COC(=O)c1cccc2c1[nH]c1ccccc12. The Kier molecular flexibility index (Phi) is 2.38. The van der Waals surface area contributed by atoms with Gasteiger partial charge in [0.05, 0.1) is 17.3 Å². The van der Waals surface area contributed by atoms with Crippen molar-refractivity contribution in [2.75, 3.05) is 0 Å². The molecule has 1 aromatic heterocycles. The number of carbonyl (C=O) groups excluding carboxylic acids is 1. The number of aromatic nitrogens is 1. The van der Waals surface area contributed by atoms with Crippen LogP contribution in [0.2, 0.25) is 0 Å². The van der Waals surface area contributed by atoms with E-state index >= 15 is 0 Å². The van der Waals surface area contributed by atoms with E-state index in [1.807, 2.05) is 36.4 Å². The Balaban J connectivity index is 2.34. The van der Waals surface area contributed by atoms with Gasteiger partial charge in [-0.05, 0) is 12.1 Å². The fourth-order valence-corrected chi connectivity index (χ4v) is 2.18. The van der Waals surface area contributed by atoms with Crippen LogP contribution >= 0.6 is 0 Å². The number of benzene rings is 2. The molecule has 0 amide bonds. The fraction of sp³-hybridized carbons (Fsp3) is 0. The van der Waals surface area contributed by atoms with Gasteiger partial charge in [-0.3, -0.25) is 0 Å². The molecule has 0 aliphatic rings. The number of hydrogen-bond donors (Lipinski definition) is 1. The van der Waals surface area contributed by atoms with Crippen molar-refractivity contribution >= 4 is 27.8 Å². The van der Waals surface area contributed by atoms with Gasteiger partial charge < -0.3 is 9.72 Å². The topological polar surface area (TPSA) is 42.1 Å². The van der Waals surface area contributed by atoms with Gasteiger partial charge in [0.1, 0.15) is 0 Å². The number of H-pyrrole nitrogens is 1. The highest BCUT2D eigenvalue weighted by Crippen LogP contribution is 2.27. The Morgan fingerprint density at radius 3 is 2.72 bits per heavy atom. The van der Waals surface area contributed by atoms with Gasteiger partial charge in [0, 0.05) is 16.3 Å². The van der Waals surface area contributed by atoms with Crippen molar-refractivity contribution in [3.63, 3.8) is 0 Å². The minimum absolute atomic E-state index is 0.401. The molecule has 3 nitrogen and oxygen atoms in total. The van der Waals surface area contributed by atoms with Crippen LogP contribution in [0.25, 0.3) is 21.8 Å². The first kappa shape index (κ1) is 10.6. The first-order valence-electron chi connectivity index (χ1n) is 5.62. The van der Waals surface area contributed by atoms with E-state index < -0.39 is 5.97 Å². The molecule has 0 radical (unpaired) electrons. The van der Waals surface area contributed by atoms with E-state index in [2.05, 4.69) is 11.6 Å². The van der Waals surface area contributed by atoms with E-state index in [9.17, 15) is 4.79 Å². The molecular weight excluding hydrogens is 226 g/mol. The minimum Gasteiger partial charge on any atom is -0.431 e. The van der Waals surface area contributed by atoms with Crippen molar-refractivity contribution in [3.05, 3.63) is 60.9 Å². The molecule has 18 heavy (non-hydrogen) atoms. The third-order valence-electron chi connectivity index (χ3n) is 2.95. The van der Waals surface area contributed by atoms with Crippen molar-refractivity contribution < 1.29 is 9.53 Å². The normalized spacial score (nSPS) is 10.7. The third-order valence-corrected chi connectivity index (χ3v) is 2.95. The standard InChI is InChI=1S/C15H11NO2/c1-2-18-15(17)12-8-5-7-11-10-6-3-4-9-13(10)16-14(11)12/h2-9,16H,1H2. The molecule has 88 valence electrons. The first-order chi connectivity index (χ1) is 8.81. The zero-order chi connectivity index (χ0) is 12.5. The summed E-state index contributed by atoms with van der Waals surface area (Å²) in [6.45, 7) is 3.40. The lowest BCUT2D eigenvalue weighted by Crippen LogP contribution is -2.00. The largest absolute Gasteiger partial charge is 0.431 e. The average Bonchev–Trinajstić information content (AvgIpc) is 2.77. The summed E-state index contributed by atoms with van der Waals surface area (Å²) in [7, 11) is 0. The van der Waals surface area contributed by atoms with Gasteiger partial charge in [0.15, 0.2) is 0 Å². The van der Waals surface area contributed by atoms with Crippen LogP contribution < -0.4 is 0 Å². The predicted octanol–water partition coefficient (Wildman–Crippen LogP) is 3.62. The van der Waals surface area contributed by atoms with Gasteiger partial charge in [-0.1, -0.05) is 36.9 Å². The maximum atomic E-state index is 11.8. The van der Waals surface area contributed by atoms with Crippen LogP contribution in [0.15, 0.2) is 55.3 Å². The maximum Gasteiger partial charge on any atom is 0.345 e. The number of hydrogen-bond acceptors (Lipinski definition) is 2. The molecular formula is C15H11NO2. The third kappa shape index (κ3) is 1.49. The molecule has 1 heterocycles. The second kappa shape index (κ2) is 4.04. The van der Waals surface area contributed by atoms with E-state index in [0.29, 0.717) is 5.56 Å². The summed E-state index contributed by atoms with van der Waals surface area (Å²) in [4.78, 5) is 15.1. The van der Waals surface area contributed by atoms with Gasteiger partial charge in [-0.15, -0.1) is 0 Å². The van der Waals surface area contributed by atoms with Gasteiger partial charge in [0.2, 0.25) is 0 Å². The zero-order valence-corrected chi connectivity index (χ0v) is 9.64. The van der Waals surface area contributed by atoms with Gasteiger partial charge in [-0.2, -0.15) is 0 Å². The van der Waals surface area contributed by atoms with Crippen LogP contribution in [-0.2, 0) is 4.74 Å². The Morgan fingerprint density at radius 1 is 1.11 bits per heavy atom. The van der Waals surface area contributed by atoms with Crippen molar-refractivity contribution in [3.8, 4) is 0 Å². The van der Waals surface area contributed by atoms with Crippen molar-refractivity contribution in [2.24, 2.45) is 0 Å². The highest BCUT2D eigenvalue weighted by atomic mass is 16.5. The number of ether oxygens (including phenoxy) is 1. The summed E-state index contributed by atoms with van der Waals surface area (Å²) in [5.41, 5.74) is 2.32. The molecule has 1 N–H and O–H groups in total. The Bertz CT molecular complexity index is 755. The summed E-state index contributed by atoms with van der Waals surface area (Å²) in [6.07, 6.45) is 1.14. The molecule has 3 aromatic rings. The smallest absolute Gasteiger partial charge is 0.345 e. The molecule has 0 aliphatic carbocycles. The maximum absolute atomic E-state index is 11.8. The molecule has 0 fully saturated rings. The fourth-order valence-electron chi connectivity index (χ4n) is 2.18. The molecule has 0 atom stereocenters. The number of aromatic amines is 1. The molecule has 0 saturated carbocycles. The number of esters is 1. The highest BCUT2D eigenvalue weighted by Gasteiger charge is 2.13. The second-order valence-electron chi connectivity index (χ2n) is 3.97. The number of nitrogens with one attached hydrogen (secondary N) is 1. The summed E-state index contributed by atoms with van der Waals surface area (Å²) in [6, 6.07) is 13.5. The van der Waals surface area contributed by atoms with Crippen LogP contribution in [0.4, 0.5) is 0 Å². The van der Waals surface area contributed by atoms with E-state index in [4.69, 9.17) is 4.74 Å². The van der Waals surface area contributed by atoms with Crippen LogP contribution in [-0.4, -0.2) is 11.0 Å². The molecule has 0 spiro atoms. The van der Waals surface area contributed by atoms with Crippen LogP contribution in [0.1, 0.15) is 10.4 Å². The number of fused-ring (bicyclic) bond motifs is 3. The summed E-state index contributed by atoms with van der Waals surface area (Å²) in [5, 5.41) is 2.12. The highest BCUT2D eigenvalue weighted by molar-refractivity contribution is 6.13. The van der Waals surface area contributed by atoms with Gasteiger partial charge in [-0.25, -0.2) is 4.79 Å². The predicted molar refractivity (Wildman–Crippen MR) is 71.4 cm³/mol. The van der Waals surface area contributed by atoms with Gasteiger partial charge >= 0.3 is 5.97 Å². The van der Waals surface area contributed by atoms with E-state index in [-0.39, 0.29) is 0 Å². The molecule has 2 aromatic carbocycles. The number of rotatable bonds is 2. The number of carbonyl (C=O) groups is 1. The molecule has 0 saturated heterocycles. The molecule has 0 bridgehead atoms. The first-order valence-corrected chi connectivity index (χ1v) is 5.62. The minimum atomic E-state index is -0.401. The van der Waals surface area contributed by atoms with Crippen LogP contribution in [0.3, 0.4) is 0 Å². The zero-order valence-electron chi connectivity index (χ0n) is 9.64. The molecule has 3 heteroatoms. The molecule has 0 unspecified atom stereocenters. The Hall–Kier alpha value is -2.55. The van der Waals surface area contributed by atoms with E-state index in [0.717, 1.165) is 28.1 Å². The van der Waals surface area contributed by atoms with Crippen molar-refractivity contribution in [1.82, 2.24) is 4.98 Å². The van der Waals surface area contributed by atoms with Crippen LogP contribution in [0, 0.1) is 0 Å². The summed E-state index contributed by atoms with van der Waals surface area (Å²) >= 11 is 0. The lowest BCUT2D eigenvalue weighted by molar-refractivity contribution is 0.0666.